The van der Waals surface area contributed by atoms with E-state index in [2.05, 4.69) is 4.72 Å². The van der Waals surface area contributed by atoms with Crippen molar-refractivity contribution in [3.05, 3.63) is 70.6 Å². The Morgan fingerprint density at radius 3 is 2.54 bits per heavy atom. The third kappa shape index (κ3) is 3.84. The molecule has 0 saturated heterocycles. The Hall–Kier alpha value is -2.19. The molecular formula is C20H18ClN3O2S2. The van der Waals surface area contributed by atoms with Gasteiger partial charge in [0.25, 0.3) is 0 Å². The van der Waals surface area contributed by atoms with Crippen molar-refractivity contribution >= 4 is 44.0 Å². The summed E-state index contributed by atoms with van der Waals surface area (Å²) in [6, 6.07) is 19.1. The van der Waals surface area contributed by atoms with E-state index < -0.39 is 10.0 Å². The molecule has 0 aliphatic carbocycles. The summed E-state index contributed by atoms with van der Waals surface area (Å²) in [7, 11) is -3.58. The first-order chi connectivity index (χ1) is 13.4. The number of nitrogens with zero attached hydrogens (tertiary/aromatic N) is 2. The highest BCUT2D eigenvalue weighted by Gasteiger charge is 2.17. The maximum Gasteiger partial charge on any atom is 0.250 e. The standard InChI is InChI=1S/C20H18ClN3O2S2/c1-14-6-8-15(9-7-14)20-23-16-4-2-3-5-17(16)24(20)13-12-22-28(25,26)19-11-10-18(21)27-19/h2-11,22H,12-13H2,1H3. The Kier molecular flexibility index (Phi) is 5.25. The van der Waals surface area contributed by atoms with Crippen LogP contribution in [0.4, 0.5) is 0 Å². The third-order valence-corrected chi connectivity index (χ3v) is 7.59. The fraction of sp³-hybridized carbons (Fsp3) is 0.150. The minimum atomic E-state index is -3.58. The zero-order chi connectivity index (χ0) is 19.7. The second-order valence-electron chi connectivity index (χ2n) is 6.40. The molecule has 4 rings (SSSR count). The summed E-state index contributed by atoms with van der Waals surface area (Å²) >= 11 is 6.90. The maximum absolute atomic E-state index is 12.4. The molecule has 0 aliphatic rings. The Morgan fingerprint density at radius 1 is 1.07 bits per heavy atom. The zero-order valence-electron chi connectivity index (χ0n) is 15.1. The topological polar surface area (TPSA) is 64.0 Å². The summed E-state index contributed by atoms with van der Waals surface area (Å²) < 4.78 is 30.3. The Balaban J connectivity index is 1.62. The number of sulfonamides is 1. The highest BCUT2D eigenvalue weighted by molar-refractivity contribution is 7.91. The van der Waals surface area contributed by atoms with Gasteiger partial charge in [0.2, 0.25) is 10.0 Å². The smallest absolute Gasteiger partial charge is 0.250 e. The molecule has 2 aromatic heterocycles. The molecule has 0 bridgehead atoms. The summed E-state index contributed by atoms with van der Waals surface area (Å²) in [4.78, 5) is 4.76. The number of imidazole rings is 1. The lowest BCUT2D eigenvalue weighted by molar-refractivity contribution is 0.577. The number of fused-ring (bicyclic) bond motifs is 1. The summed E-state index contributed by atoms with van der Waals surface area (Å²) in [6.45, 7) is 2.75. The quantitative estimate of drug-likeness (QED) is 0.481. The second-order valence-corrected chi connectivity index (χ2v) is 10.1. The van der Waals surface area contributed by atoms with Crippen LogP contribution in [0.2, 0.25) is 4.34 Å². The molecule has 0 fully saturated rings. The van der Waals surface area contributed by atoms with E-state index in [0.717, 1.165) is 33.8 Å². The van der Waals surface area contributed by atoms with E-state index >= 15 is 0 Å². The Bertz CT molecular complexity index is 1230. The average molecular weight is 432 g/mol. The van der Waals surface area contributed by atoms with Crippen LogP contribution in [-0.4, -0.2) is 24.5 Å². The predicted molar refractivity (Wildman–Crippen MR) is 114 cm³/mol. The third-order valence-electron chi connectivity index (χ3n) is 4.41. The van der Waals surface area contributed by atoms with Gasteiger partial charge in [-0.25, -0.2) is 18.1 Å². The predicted octanol–water partition coefficient (Wildman–Crippen LogP) is 4.71. The number of thiophene rings is 1. The molecule has 5 nitrogen and oxygen atoms in total. The van der Waals surface area contributed by atoms with Crippen molar-refractivity contribution in [1.82, 2.24) is 14.3 Å². The van der Waals surface area contributed by atoms with E-state index in [4.69, 9.17) is 16.6 Å². The summed E-state index contributed by atoms with van der Waals surface area (Å²) in [5.74, 6) is 0.819. The van der Waals surface area contributed by atoms with Gasteiger partial charge in [-0.05, 0) is 31.2 Å². The van der Waals surface area contributed by atoms with Crippen LogP contribution in [0.5, 0.6) is 0 Å². The van der Waals surface area contributed by atoms with E-state index in [0.29, 0.717) is 10.9 Å². The molecule has 144 valence electrons. The average Bonchev–Trinajstić information content (AvgIpc) is 3.27. The van der Waals surface area contributed by atoms with Crippen LogP contribution in [0, 0.1) is 6.92 Å². The van der Waals surface area contributed by atoms with E-state index in [9.17, 15) is 8.42 Å². The van der Waals surface area contributed by atoms with Gasteiger partial charge in [0.15, 0.2) is 0 Å². The lowest BCUT2D eigenvalue weighted by Crippen LogP contribution is -2.27. The molecule has 28 heavy (non-hydrogen) atoms. The maximum atomic E-state index is 12.4. The van der Waals surface area contributed by atoms with Crippen molar-refractivity contribution in [2.75, 3.05) is 6.54 Å². The van der Waals surface area contributed by atoms with Crippen molar-refractivity contribution in [2.45, 2.75) is 17.7 Å². The number of aromatic nitrogens is 2. The number of halogens is 1. The van der Waals surface area contributed by atoms with Gasteiger partial charge >= 0.3 is 0 Å². The molecule has 0 atom stereocenters. The zero-order valence-corrected chi connectivity index (χ0v) is 17.5. The first-order valence-corrected chi connectivity index (χ1v) is 11.4. The molecule has 0 aliphatic heterocycles. The minimum Gasteiger partial charge on any atom is -0.323 e. The van der Waals surface area contributed by atoms with Crippen molar-refractivity contribution in [2.24, 2.45) is 0 Å². The summed E-state index contributed by atoms with van der Waals surface area (Å²) in [6.07, 6.45) is 0. The molecule has 2 heterocycles. The van der Waals surface area contributed by atoms with Gasteiger partial charge in [-0.1, -0.05) is 53.6 Å². The largest absolute Gasteiger partial charge is 0.323 e. The molecule has 0 saturated carbocycles. The first-order valence-electron chi connectivity index (χ1n) is 8.71. The molecule has 0 amide bonds. The normalized spacial score (nSPS) is 11.9. The summed E-state index contributed by atoms with van der Waals surface area (Å²) in [5, 5.41) is 0. The van der Waals surface area contributed by atoms with Crippen LogP contribution >= 0.6 is 22.9 Å². The number of hydrogen-bond acceptors (Lipinski definition) is 4. The van der Waals surface area contributed by atoms with Gasteiger partial charge in [0.1, 0.15) is 10.0 Å². The van der Waals surface area contributed by atoms with Crippen LogP contribution < -0.4 is 4.72 Å². The van der Waals surface area contributed by atoms with E-state index in [1.807, 2.05) is 60.0 Å². The van der Waals surface area contributed by atoms with Crippen LogP contribution in [0.25, 0.3) is 22.4 Å². The van der Waals surface area contributed by atoms with Gasteiger partial charge in [-0.15, -0.1) is 11.3 Å². The number of hydrogen-bond donors (Lipinski definition) is 1. The molecule has 1 N–H and O–H groups in total. The van der Waals surface area contributed by atoms with E-state index in [1.54, 1.807) is 6.07 Å². The second kappa shape index (κ2) is 7.67. The number of aryl methyl sites for hydroxylation is 1. The Morgan fingerprint density at radius 2 is 1.82 bits per heavy atom. The highest BCUT2D eigenvalue weighted by atomic mass is 35.5. The van der Waals surface area contributed by atoms with Crippen LogP contribution in [-0.2, 0) is 16.6 Å². The van der Waals surface area contributed by atoms with Gasteiger partial charge in [0.05, 0.1) is 15.4 Å². The van der Waals surface area contributed by atoms with E-state index in [1.165, 1.54) is 11.6 Å². The molecule has 4 aromatic rings. The van der Waals surface area contributed by atoms with Crippen molar-refractivity contribution in [1.29, 1.82) is 0 Å². The molecular weight excluding hydrogens is 414 g/mol. The number of para-hydroxylation sites is 2. The van der Waals surface area contributed by atoms with Gasteiger partial charge in [0, 0.05) is 18.7 Å². The minimum absolute atomic E-state index is 0.215. The lowest BCUT2D eigenvalue weighted by atomic mass is 10.1. The van der Waals surface area contributed by atoms with Crippen molar-refractivity contribution < 1.29 is 8.42 Å². The fourth-order valence-electron chi connectivity index (χ4n) is 3.03. The molecule has 0 spiro atoms. The monoisotopic (exact) mass is 431 g/mol. The fourth-order valence-corrected chi connectivity index (χ4v) is 5.58. The molecule has 0 radical (unpaired) electrons. The highest BCUT2D eigenvalue weighted by Crippen LogP contribution is 2.26. The van der Waals surface area contributed by atoms with Crippen molar-refractivity contribution in [3.8, 4) is 11.4 Å². The van der Waals surface area contributed by atoms with Crippen molar-refractivity contribution in [3.63, 3.8) is 0 Å². The van der Waals surface area contributed by atoms with Gasteiger partial charge in [-0.2, -0.15) is 0 Å². The number of nitrogens with one attached hydrogen (secondary N) is 1. The van der Waals surface area contributed by atoms with Crippen LogP contribution in [0.1, 0.15) is 5.56 Å². The van der Waals surface area contributed by atoms with E-state index in [-0.39, 0.29) is 10.8 Å². The number of rotatable bonds is 6. The molecule has 8 heteroatoms. The Labute approximate surface area is 172 Å². The van der Waals surface area contributed by atoms with Gasteiger partial charge in [-0.3, -0.25) is 0 Å². The van der Waals surface area contributed by atoms with Crippen LogP contribution in [0.15, 0.2) is 64.9 Å². The van der Waals surface area contributed by atoms with Crippen LogP contribution in [0.3, 0.4) is 0 Å². The SMILES string of the molecule is Cc1ccc(-c2nc3ccccc3n2CCNS(=O)(=O)c2ccc(Cl)s2)cc1. The molecule has 2 aromatic carbocycles. The summed E-state index contributed by atoms with van der Waals surface area (Å²) in [5.41, 5.74) is 4.02. The first kappa shape index (κ1) is 19.1. The number of benzene rings is 2. The lowest BCUT2D eigenvalue weighted by Gasteiger charge is -2.11. The van der Waals surface area contributed by atoms with Gasteiger partial charge < -0.3 is 4.57 Å². The molecule has 0 unspecified atom stereocenters.